The molecule has 0 aliphatic heterocycles. The second-order valence-electron chi connectivity index (χ2n) is 11.4. The zero-order chi connectivity index (χ0) is 26.2. The van der Waals surface area contributed by atoms with Crippen molar-refractivity contribution in [3.05, 3.63) is 155 Å². The van der Waals surface area contributed by atoms with Crippen molar-refractivity contribution in [3.8, 4) is 22.3 Å². The van der Waals surface area contributed by atoms with Gasteiger partial charge >= 0.3 is 0 Å². The fourth-order valence-electron chi connectivity index (χ4n) is 7.15. The first-order chi connectivity index (χ1) is 19.8. The highest BCUT2D eigenvalue weighted by Crippen LogP contribution is 2.50. The van der Waals surface area contributed by atoms with Crippen LogP contribution in [0.25, 0.3) is 66.7 Å². The van der Waals surface area contributed by atoms with Crippen LogP contribution in [0.1, 0.15) is 23.0 Å². The Morgan fingerprint density at radius 1 is 0.325 bits per heavy atom. The minimum Gasteiger partial charge on any atom is -0.0682 e. The maximum absolute atomic E-state index is 2.49. The Hall–Kier alpha value is -4.94. The third-order valence-corrected chi connectivity index (χ3v) is 9.12. The lowest BCUT2D eigenvalue weighted by Gasteiger charge is -2.19. The van der Waals surface area contributed by atoms with Crippen molar-refractivity contribution >= 4 is 44.5 Å². The minimum absolute atomic E-state index is 0.389. The smallest absolute Gasteiger partial charge is 0.0138 e. The van der Waals surface area contributed by atoms with Gasteiger partial charge in [0.2, 0.25) is 0 Å². The molecule has 0 heteroatoms. The summed E-state index contributed by atoms with van der Waals surface area (Å²) in [4.78, 5) is 0. The molecule has 0 heterocycles. The highest BCUT2D eigenvalue weighted by Gasteiger charge is 2.33. The average Bonchev–Trinajstić information content (AvgIpc) is 3.32. The Morgan fingerprint density at radius 3 is 1.52 bits per heavy atom. The fraction of sp³-hybridized carbons (Fsp3) is 0.0500. The number of hydrogen-bond donors (Lipinski definition) is 0. The quantitative estimate of drug-likeness (QED) is 0.220. The highest BCUT2D eigenvalue weighted by molar-refractivity contribution is 5.99. The van der Waals surface area contributed by atoms with Gasteiger partial charge in [0.1, 0.15) is 0 Å². The Bertz CT molecular complexity index is 2290. The average molecular weight is 507 g/mol. The van der Waals surface area contributed by atoms with Crippen molar-refractivity contribution in [2.45, 2.75) is 11.8 Å². The first kappa shape index (κ1) is 21.9. The summed E-state index contributed by atoms with van der Waals surface area (Å²) in [7, 11) is 0. The first-order valence-corrected chi connectivity index (χ1v) is 14.2. The van der Waals surface area contributed by atoms with E-state index in [0.717, 1.165) is 0 Å². The van der Waals surface area contributed by atoms with E-state index in [4.69, 9.17) is 0 Å². The van der Waals surface area contributed by atoms with Crippen molar-refractivity contribution in [1.29, 1.82) is 0 Å². The summed E-state index contributed by atoms with van der Waals surface area (Å²) in [6.45, 7) is 0. The largest absolute Gasteiger partial charge is 0.0682 e. The van der Waals surface area contributed by atoms with Crippen molar-refractivity contribution < 1.29 is 0 Å². The van der Waals surface area contributed by atoms with Gasteiger partial charge in [-0.3, -0.25) is 0 Å². The van der Waals surface area contributed by atoms with Crippen LogP contribution in [-0.4, -0.2) is 0 Å². The van der Waals surface area contributed by atoms with E-state index in [-0.39, 0.29) is 0 Å². The maximum atomic E-state index is 2.49. The van der Waals surface area contributed by atoms with Crippen molar-refractivity contribution in [1.82, 2.24) is 0 Å². The van der Waals surface area contributed by atoms with Crippen LogP contribution in [0, 0.1) is 0 Å². The molecule has 2 aliphatic rings. The van der Waals surface area contributed by atoms with Crippen LogP contribution in [-0.2, 0) is 0 Å². The van der Waals surface area contributed by atoms with Crippen LogP contribution in [0.5, 0.6) is 0 Å². The summed E-state index contributed by atoms with van der Waals surface area (Å²) in [6.07, 6.45) is 4.98. The van der Waals surface area contributed by atoms with Crippen LogP contribution in [0.4, 0.5) is 0 Å². The molecule has 0 saturated heterocycles. The van der Waals surface area contributed by atoms with Gasteiger partial charge < -0.3 is 0 Å². The van der Waals surface area contributed by atoms with Crippen molar-refractivity contribution in [2.24, 2.45) is 0 Å². The van der Waals surface area contributed by atoms with Crippen LogP contribution >= 0.6 is 0 Å². The molecule has 0 spiro atoms. The van der Waals surface area contributed by atoms with Crippen LogP contribution in [0.15, 0.2) is 133 Å². The Balaban J connectivity index is 1.15. The zero-order valence-electron chi connectivity index (χ0n) is 22.0. The van der Waals surface area contributed by atoms with Gasteiger partial charge in [-0.05, 0) is 106 Å². The predicted octanol–water partition coefficient (Wildman–Crippen LogP) is 8.94. The van der Waals surface area contributed by atoms with E-state index in [2.05, 4.69) is 146 Å². The lowest BCUT2D eigenvalue weighted by Crippen LogP contribution is -2.29. The summed E-state index contributed by atoms with van der Waals surface area (Å²) in [5.41, 5.74) is 8.02. The maximum Gasteiger partial charge on any atom is 0.0138 e. The van der Waals surface area contributed by atoms with Gasteiger partial charge in [-0.25, -0.2) is 0 Å². The van der Waals surface area contributed by atoms with E-state index >= 15 is 0 Å². The molecule has 7 aromatic carbocycles. The Labute approximate surface area is 233 Å². The molecule has 0 fully saturated rings. The summed E-state index contributed by atoms with van der Waals surface area (Å²) in [5.74, 6) is 0.800. The molecule has 2 unspecified atom stereocenters. The highest BCUT2D eigenvalue weighted by atomic mass is 14.4. The molecule has 2 aliphatic carbocycles. The summed E-state index contributed by atoms with van der Waals surface area (Å²) < 4.78 is 0. The number of fused-ring (bicyclic) bond motifs is 6. The lowest BCUT2D eigenvalue weighted by atomic mass is 9.84. The van der Waals surface area contributed by atoms with E-state index in [1.165, 1.54) is 76.1 Å². The van der Waals surface area contributed by atoms with E-state index in [1.807, 2.05) is 0 Å². The summed E-state index contributed by atoms with van der Waals surface area (Å²) in [5, 5.41) is 10.6. The van der Waals surface area contributed by atoms with E-state index in [9.17, 15) is 0 Å². The van der Waals surface area contributed by atoms with Gasteiger partial charge in [0.25, 0.3) is 0 Å². The lowest BCUT2D eigenvalue weighted by molar-refractivity contribution is 0.834. The van der Waals surface area contributed by atoms with Gasteiger partial charge in [0.15, 0.2) is 0 Å². The molecule has 0 bridgehead atoms. The molecule has 0 N–H and O–H groups in total. The number of rotatable bonds is 2. The Kier molecular flexibility index (Phi) is 4.54. The molecule has 0 saturated carbocycles. The zero-order valence-corrected chi connectivity index (χ0v) is 22.0. The van der Waals surface area contributed by atoms with E-state index in [0.29, 0.717) is 11.8 Å². The number of hydrogen-bond acceptors (Lipinski definition) is 0. The fourth-order valence-corrected chi connectivity index (χ4v) is 7.15. The first-order valence-electron chi connectivity index (χ1n) is 14.2. The van der Waals surface area contributed by atoms with Gasteiger partial charge in [-0.2, -0.15) is 0 Å². The third-order valence-electron chi connectivity index (χ3n) is 9.12. The topological polar surface area (TPSA) is 0 Å². The van der Waals surface area contributed by atoms with Crippen LogP contribution in [0.3, 0.4) is 0 Å². The minimum atomic E-state index is 0.389. The molecule has 7 aromatic rings. The molecule has 0 radical (unpaired) electrons. The second-order valence-corrected chi connectivity index (χ2v) is 11.4. The third kappa shape index (κ3) is 3.26. The Morgan fingerprint density at radius 2 is 0.825 bits per heavy atom. The second kappa shape index (κ2) is 8.28. The number of benzene rings is 7. The molecular weight excluding hydrogens is 480 g/mol. The predicted molar refractivity (Wildman–Crippen MR) is 170 cm³/mol. The molecule has 2 atom stereocenters. The summed E-state index contributed by atoms with van der Waals surface area (Å²) >= 11 is 0. The SMILES string of the molecule is C1=c2ccccc2=CC2c3cc(-c4ccc5cc(-c6ccc7ccccc7c6)ccc5c4)cc4cccc(c34)C12. The van der Waals surface area contributed by atoms with E-state index in [1.54, 1.807) is 0 Å². The van der Waals surface area contributed by atoms with E-state index < -0.39 is 0 Å². The van der Waals surface area contributed by atoms with Crippen molar-refractivity contribution in [3.63, 3.8) is 0 Å². The van der Waals surface area contributed by atoms with Crippen LogP contribution in [0.2, 0.25) is 0 Å². The standard InChI is InChI=1S/C40H26/c1-2-7-26-18-29(13-12-25(26)6-1)30-14-15-32-20-33(17-16-31(32)19-30)35-21-34-10-5-11-36-37-22-27-8-3-4-9-28(27)23-38(37)39(24-35)40(34)36/h1-24,37-38H. The molecule has 186 valence electrons. The van der Waals surface area contributed by atoms with Crippen molar-refractivity contribution in [2.75, 3.05) is 0 Å². The molecule has 0 nitrogen and oxygen atoms in total. The summed E-state index contributed by atoms with van der Waals surface area (Å²) in [6, 6.07) is 49.6. The van der Waals surface area contributed by atoms with Gasteiger partial charge in [0, 0.05) is 11.8 Å². The van der Waals surface area contributed by atoms with Gasteiger partial charge in [0.05, 0.1) is 0 Å². The van der Waals surface area contributed by atoms with Gasteiger partial charge in [-0.15, -0.1) is 0 Å². The molecule has 0 amide bonds. The molecule has 9 rings (SSSR count). The van der Waals surface area contributed by atoms with Gasteiger partial charge in [-0.1, -0.05) is 115 Å². The molecular formula is C40H26. The van der Waals surface area contributed by atoms with Crippen LogP contribution < -0.4 is 10.4 Å². The monoisotopic (exact) mass is 506 g/mol. The molecule has 0 aromatic heterocycles. The molecule has 40 heavy (non-hydrogen) atoms. The normalized spacial score (nSPS) is 16.9.